The lowest BCUT2D eigenvalue weighted by Crippen LogP contribution is -2.47. The Labute approximate surface area is 115 Å². The summed E-state index contributed by atoms with van der Waals surface area (Å²) in [6, 6.07) is -0.319. The van der Waals surface area contributed by atoms with E-state index in [-0.39, 0.29) is 25.1 Å². The van der Waals surface area contributed by atoms with Crippen LogP contribution in [0.5, 0.6) is 0 Å². The quantitative estimate of drug-likeness (QED) is 0.603. The largest absolute Gasteiger partial charge is 0.395 e. The molecule has 0 heterocycles. The molecule has 0 bridgehead atoms. The minimum atomic E-state index is -0.460. The first-order chi connectivity index (χ1) is 8.86. The van der Waals surface area contributed by atoms with Crippen LogP contribution in [0, 0.1) is 5.92 Å². The van der Waals surface area contributed by atoms with E-state index in [2.05, 4.69) is 24.5 Å². The van der Waals surface area contributed by atoms with Gasteiger partial charge in [0.25, 0.3) is 0 Å². The van der Waals surface area contributed by atoms with Crippen molar-refractivity contribution in [1.29, 1.82) is 0 Å². The average molecular weight is 273 g/mol. The van der Waals surface area contributed by atoms with Crippen molar-refractivity contribution in [2.75, 3.05) is 26.2 Å². The molecule has 6 heteroatoms. The van der Waals surface area contributed by atoms with Crippen LogP contribution in [0.4, 0.5) is 4.79 Å². The van der Waals surface area contributed by atoms with Crippen molar-refractivity contribution in [3.63, 3.8) is 0 Å². The number of urea groups is 1. The SMILES string of the molecule is CC(C)CCNC(=O)NC(=O)CN(CCO)C(C)C. The van der Waals surface area contributed by atoms with Crippen molar-refractivity contribution in [2.45, 2.75) is 40.2 Å². The van der Waals surface area contributed by atoms with E-state index in [0.29, 0.717) is 19.0 Å². The number of aliphatic hydroxyl groups is 1. The summed E-state index contributed by atoms with van der Waals surface area (Å²) in [6.45, 7) is 9.08. The highest BCUT2D eigenvalue weighted by Gasteiger charge is 2.15. The predicted octanol–water partition coefficient (Wildman–Crippen LogP) is 0.561. The lowest BCUT2D eigenvalue weighted by Gasteiger charge is -2.24. The molecule has 0 aromatic heterocycles. The molecule has 0 unspecified atom stereocenters. The van der Waals surface area contributed by atoms with Gasteiger partial charge < -0.3 is 10.4 Å². The van der Waals surface area contributed by atoms with E-state index in [9.17, 15) is 9.59 Å². The predicted molar refractivity (Wildman–Crippen MR) is 74.8 cm³/mol. The van der Waals surface area contributed by atoms with Gasteiger partial charge in [0.05, 0.1) is 13.2 Å². The van der Waals surface area contributed by atoms with Gasteiger partial charge in [-0.05, 0) is 26.2 Å². The Kier molecular flexibility index (Phi) is 9.16. The smallest absolute Gasteiger partial charge is 0.321 e. The molecule has 19 heavy (non-hydrogen) atoms. The molecular weight excluding hydrogens is 246 g/mol. The van der Waals surface area contributed by atoms with Gasteiger partial charge >= 0.3 is 6.03 Å². The van der Waals surface area contributed by atoms with Crippen LogP contribution in [0.25, 0.3) is 0 Å². The number of hydrogen-bond donors (Lipinski definition) is 3. The molecular formula is C13H27N3O3. The number of carbonyl (C=O) groups is 2. The highest BCUT2D eigenvalue weighted by Crippen LogP contribution is 1.97. The number of hydrogen-bond acceptors (Lipinski definition) is 4. The molecule has 0 aliphatic heterocycles. The van der Waals surface area contributed by atoms with E-state index in [1.54, 1.807) is 4.90 Å². The number of imide groups is 1. The Morgan fingerprint density at radius 1 is 1.21 bits per heavy atom. The summed E-state index contributed by atoms with van der Waals surface area (Å²) in [5.41, 5.74) is 0. The van der Waals surface area contributed by atoms with Crippen LogP contribution >= 0.6 is 0 Å². The lowest BCUT2D eigenvalue weighted by molar-refractivity contribution is -0.121. The van der Waals surface area contributed by atoms with Gasteiger partial charge in [-0.1, -0.05) is 13.8 Å². The van der Waals surface area contributed by atoms with Crippen LogP contribution in [0.2, 0.25) is 0 Å². The van der Waals surface area contributed by atoms with Crippen molar-refractivity contribution >= 4 is 11.9 Å². The standard InChI is InChI=1S/C13H27N3O3/c1-10(2)5-6-14-13(19)15-12(18)9-16(7-8-17)11(3)4/h10-11,17H,5-9H2,1-4H3,(H2,14,15,18,19). The summed E-state index contributed by atoms with van der Waals surface area (Å²) in [7, 11) is 0. The highest BCUT2D eigenvalue weighted by atomic mass is 16.3. The first kappa shape index (κ1) is 17.9. The third-order valence-corrected chi connectivity index (χ3v) is 2.72. The normalized spacial score (nSPS) is 11.2. The Morgan fingerprint density at radius 2 is 1.84 bits per heavy atom. The molecule has 0 spiro atoms. The summed E-state index contributed by atoms with van der Waals surface area (Å²) >= 11 is 0. The zero-order valence-corrected chi connectivity index (χ0v) is 12.4. The zero-order valence-electron chi connectivity index (χ0n) is 12.4. The van der Waals surface area contributed by atoms with Crippen LogP contribution in [0.15, 0.2) is 0 Å². The Morgan fingerprint density at radius 3 is 2.32 bits per heavy atom. The first-order valence-corrected chi connectivity index (χ1v) is 6.79. The maximum Gasteiger partial charge on any atom is 0.321 e. The van der Waals surface area contributed by atoms with Gasteiger partial charge in [0.2, 0.25) is 5.91 Å². The van der Waals surface area contributed by atoms with Gasteiger partial charge in [-0.15, -0.1) is 0 Å². The maximum absolute atomic E-state index is 11.6. The molecule has 0 fully saturated rings. The van der Waals surface area contributed by atoms with Crippen molar-refractivity contribution in [3.05, 3.63) is 0 Å². The number of nitrogens with zero attached hydrogens (tertiary/aromatic N) is 1. The van der Waals surface area contributed by atoms with Crippen molar-refractivity contribution in [1.82, 2.24) is 15.5 Å². The van der Waals surface area contributed by atoms with E-state index in [1.165, 1.54) is 0 Å². The molecule has 0 aromatic rings. The molecule has 0 radical (unpaired) electrons. The van der Waals surface area contributed by atoms with Crippen molar-refractivity contribution < 1.29 is 14.7 Å². The Hall–Kier alpha value is -1.14. The van der Waals surface area contributed by atoms with Crippen LogP contribution in [-0.2, 0) is 4.79 Å². The fraction of sp³-hybridized carbons (Fsp3) is 0.846. The third-order valence-electron chi connectivity index (χ3n) is 2.72. The fourth-order valence-electron chi connectivity index (χ4n) is 1.52. The van der Waals surface area contributed by atoms with Crippen LogP contribution in [0.1, 0.15) is 34.1 Å². The molecule has 3 amide bonds. The molecule has 0 aliphatic rings. The second kappa shape index (κ2) is 9.75. The van der Waals surface area contributed by atoms with E-state index < -0.39 is 6.03 Å². The van der Waals surface area contributed by atoms with E-state index in [0.717, 1.165) is 6.42 Å². The molecule has 112 valence electrons. The van der Waals surface area contributed by atoms with Gasteiger partial charge in [0, 0.05) is 19.1 Å². The second-order valence-electron chi connectivity index (χ2n) is 5.27. The summed E-state index contributed by atoms with van der Waals surface area (Å²) in [5, 5.41) is 13.8. The first-order valence-electron chi connectivity index (χ1n) is 6.79. The molecule has 0 aromatic carbocycles. The molecule has 3 N–H and O–H groups in total. The van der Waals surface area contributed by atoms with E-state index in [4.69, 9.17) is 5.11 Å². The molecule has 0 aliphatic carbocycles. The second-order valence-corrected chi connectivity index (χ2v) is 5.27. The minimum Gasteiger partial charge on any atom is -0.395 e. The summed E-state index contributed by atoms with van der Waals surface area (Å²) in [6.07, 6.45) is 0.879. The van der Waals surface area contributed by atoms with Crippen LogP contribution in [0.3, 0.4) is 0 Å². The molecule has 0 saturated heterocycles. The monoisotopic (exact) mass is 273 g/mol. The van der Waals surface area contributed by atoms with E-state index >= 15 is 0 Å². The van der Waals surface area contributed by atoms with Crippen molar-refractivity contribution in [2.24, 2.45) is 5.92 Å². The number of nitrogens with one attached hydrogen (secondary N) is 2. The summed E-state index contributed by atoms with van der Waals surface area (Å²) in [5.74, 6) is 0.154. The molecule has 0 atom stereocenters. The van der Waals surface area contributed by atoms with Crippen LogP contribution in [-0.4, -0.2) is 54.2 Å². The topological polar surface area (TPSA) is 81.7 Å². The number of rotatable bonds is 8. The van der Waals surface area contributed by atoms with Gasteiger partial charge in [-0.25, -0.2) is 4.79 Å². The molecule has 0 saturated carbocycles. The lowest BCUT2D eigenvalue weighted by atomic mass is 10.1. The summed E-state index contributed by atoms with van der Waals surface area (Å²) < 4.78 is 0. The Balaban J connectivity index is 3.97. The Bertz CT molecular complexity index is 280. The highest BCUT2D eigenvalue weighted by molar-refractivity contribution is 5.95. The number of aliphatic hydroxyl groups excluding tert-OH is 1. The summed E-state index contributed by atoms with van der Waals surface area (Å²) in [4.78, 5) is 24.9. The minimum absolute atomic E-state index is 0.00789. The van der Waals surface area contributed by atoms with Gasteiger partial charge in [-0.3, -0.25) is 15.0 Å². The van der Waals surface area contributed by atoms with Gasteiger partial charge in [0.15, 0.2) is 0 Å². The van der Waals surface area contributed by atoms with Crippen molar-refractivity contribution in [3.8, 4) is 0 Å². The van der Waals surface area contributed by atoms with Gasteiger partial charge in [-0.2, -0.15) is 0 Å². The number of carbonyl (C=O) groups excluding carboxylic acids is 2. The molecule has 6 nitrogen and oxygen atoms in total. The average Bonchev–Trinajstić information content (AvgIpc) is 2.27. The van der Waals surface area contributed by atoms with Gasteiger partial charge in [0.1, 0.15) is 0 Å². The fourth-order valence-corrected chi connectivity index (χ4v) is 1.52. The zero-order chi connectivity index (χ0) is 14.8. The third kappa shape index (κ3) is 9.44. The molecule has 0 rings (SSSR count). The maximum atomic E-state index is 11.6. The van der Waals surface area contributed by atoms with Crippen LogP contribution < -0.4 is 10.6 Å². The van der Waals surface area contributed by atoms with E-state index in [1.807, 2.05) is 13.8 Å². The number of amides is 3.